The molecular formula is C13H13N5O2. The lowest BCUT2D eigenvalue weighted by Gasteiger charge is -2.16. The molecule has 102 valence electrons. The molecule has 20 heavy (non-hydrogen) atoms. The maximum Gasteiger partial charge on any atom is 0.261 e. The number of H-pyrrole nitrogens is 1. The highest BCUT2D eigenvalue weighted by molar-refractivity contribution is 5.93. The fraction of sp³-hybridized carbons (Fsp3) is 0.308. The number of fused-ring (bicyclic) bond motifs is 1. The lowest BCUT2D eigenvalue weighted by molar-refractivity contribution is -0.123. The smallest absolute Gasteiger partial charge is 0.261 e. The summed E-state index contributed by atoms with van der Waals surface area (Å²) in [5.74, 6) is -0.228. The van der Waals surface area contributed by atoms with Gasteiger partial charge in [-0.15, -0.1) is 0 Å². The quantitative estimate of drug-likeness (QED) is 0.808. The molecule has 2 aromatic rings. The largest absolute Gasteiger partial charge is 0.296 e. The topological polar surface area (TPSA) is 112 Å². The van der Waals surface area contributed by atoms with Gasteiger partial charge in [0.1, 0.15) is 6.07 Å². The summed E-state index contributed by atoms with van der Waals surface area (Å²) in [4.78, 5) is 34.2. The molecule has 0 saturated heterocycles. The van der Waals surface area contributed by atoms with Crippen molar-refractivity contribution in [2.24, 2.45) is 5.41 Å². The van der Waals surface area contributed by atoms with Gasteiger partial charge in [0, 0.05) is 11.6 Å². The van der Waals surface area contributed by atoms with E-state index < -0.39 is 11.0 Å². The SMILES string of the molecule is CC(C)(C)C(=O)Nc1nc2ncc(C#N)cc2c(=O)[nH]1. The molecule has 2 rings (SSSR count). The van der Waals surface area contributed by atoms with Gasteiger partial charge in [0.15, 0.2) is 5.65 Å². The van der Waals surface area contributed by atoms with Crippen LogP contribution in [0.15, 0.2) is 17.1 Å². The maximum absolute atomic E-state index is 11.9. The second-order valence-corrected chi connectivity index (χ2v) is 5.33. The lowest BCUT2D eigenvalue weighted by Crippen LogP contribution is -2.29. The number of aromatic amines is 1. The van der Waals surface area contributed by atoms with E-state index in [2.05, 4.69) is 20.3 Å². The number of hydrogen-bond donors (Lipinski definition) is 2. The van der Waals surface area contributed by atoms with Crippen LogP contribution in [0.1, 0.15) is 26.3 Å². The molecule has 0 saturated carbocycles. The summed E-state index contributed by atoms with van der Waals surface area (Å²) in [5, 5.41) is 11.5. The molecule has 0 atom stereocenters. The Balaban J connectivity index is 2.47. The molecule has 0 bridgehead atoms. The first-order chi connectivity index (χ1) is 9.31. The normalized spacial score (nSPS) is 11.1. The standard InChI is InChI=1S/C13H13N5O2/c1-13(2,3)11(20)18-12-16-9-8(10(19)17-12)4-7(5-14)6-15-9/h4,6H,1-3H3,(H2,15,16,17,18,19,20). The number of amides is 1. The number of nitrogens with zero attached hydrogens (tertiary/aromatic N) is 3. The van der Waals surface area contributed by atoms with E-state index in [-0.39, 0.29) is 28.5 Å². The number of nitriles is 1. The minimum Gasteiger partial charge on any atom is -0.296 e. The van der Waals surface area contributed by atoms with Crippen LogP contribution < -0.4 is 10.9 Å². The van der Waals surface area contributed by atoms with Crippen molar-refractivity contribution >= 4 is 22.9 Å². The van der Waals surface area contributed by atoms with Crippen molar-refractivity contribution in [3.05, 3.63) is 28.2 Å². The molecule has 0 aliphatic carbocycles. The number of carbonyl (C=O) groups is 1. The molecule has 0 fully saturated rings. The van der Waals surface area contributed by atoms with Crippen LogP contribution in [-0.4, -0.2) is 20.9 Å². The van der Waals surface area contributed by atoms with Gasteiger partial charge in [-0.3, -0.25) is 19.9 Å². The van der Waals surface area contributed by atoms with Crippen molar-refractivity contribution in [2.45, 2.75) is 20.8 Å². The van der Waals surface area contributed by atoms with E-state index in [0.29, 0.717) is 0 Å². The first-order valence-corrected chi connectivity index (χ1v) is 5.93. The van der Waals surface area contributed by atoms with Gasteiger partial charge >= 0.3 is 0 Å². The molecule has 0 aliphatic heterocycles. The molecule has 1 amide bonds. The van der Waals surface area contributed by atoms with Crippen molar-refractivity contribution in [1.29, 1.82) is 5.26 Å². The number of carbonyl (C=O) groups excluding carboxylic acids is 1. The van der Waals surface area contributed by atoms with Gasteiger partial charge in [0.25, 0.3) is 5.56 Å². The Hall–Kier alpha value is -2.75. The molecule has 7 nitrogen and oxygen atoms in total. The monoisotopic (exact) mass is 271 g/mol. The minimum atomic E-state index is -0.606. The summed E-state index contributed by atoms with van der Waals surface area (Å²) in [7, 11) is 0. The van der Waals surface area contributed by atoms with Gasteiger partial charge in [-0.1, -0.05) is 20.8 Å². The summed E-state index contributed by atoms with van der Waals surface area (Å²) in [6, 6.07) is 3.31. The summed E-state index contributed by atoms with van der Waals surface area (Å²) in [6.45, 7) is 5.25. The van der Waals surface area contributed by atoms with E-state index in [4.69, 9.17) is 5.26 Å². The molecule has 0 spiro atoms. The van der Waals surface area contributed by atoms with Crippen LogP contribution in [0, 0.1) is 16.7 Å². The van der Waals surface area contributed by atoms with Gasteiger partial charge in [0.2, 0.25) is 11.9 Å². The van der Waals surface area contributed by atoms with Gasteiger partial charge in [-0.25, -0.2) is 4.98 Å². The van der Waals surface area contributed by atoms with Gasteiger partial charge in [-0.05, 0) is 6.07 Å². The molecule has 2 N–H and O–H groups in total. The highest BCUT2D eigenvalue weighted by Gasteiger charge is 2.22. The van der Waals surface area contributed by atoms with Crippen LogP contribution in [0.3, 0.4) is 0 Å². The summed E-state index contributed by atoms with van der Waals surface area (Å²) >= 11 is 0. The van der Waals surface area contributed by atoms with Crippen LogP contribution in [0.5, 0.6) is 0 Å². The van der Waals surface area contributed by atoms with Crippen molar-refractivity contribution in [1.82, 2.24) is 15.0 Å². The first kappa shape index (κ1) is 13.7. The molecule has 2 aromatic heterocycles. The molecule has 0 aromatic carbocycles. The molecule has 7 heteroatoms. The van der Waals surface area contributed by atoms with Crippen LogP contribution in [-0.2, 0) is 4.79 Å². The predicted octanol–water partition coefficient (Wildman–Crippen LogP) is 1.17. The zero-order valence-electron chi connectivity index (χ0n) is 11.3. The first-order valence-electron chi connectivity index (χ1n) is 5.93. The highest BCUT2D eigenvalue weighted by Crippen LogP contribution is 2.15. The Morgan fingerprint density at radius 3 is 2.75 bits per heavy atom. The van der Waals surface area contributed by atoms with Crippen LogP contribution in [0.2, 0.25) is 0 Å². The number of anilines is 1. The van der Waals surface area contributed by atoms with Crippen molar-refractivity contribution < 1.29 is 4.79 Å². The summed E-state index contributed by atoms with van der Waals surface area (Å²) in [6.07, 6.45) is 1.32. The Morgan fingerprint density at radius 2 is 2.15 bits per heavy atom. The minimum absolute atomic E-state index is 0.0413. The van der Waals surface area contributed by atoms with E-state index in [1.54, 1.807) is 20.8 Å². The van der Waals surface area contributed by atoms with Crippen molar-refractivity contribution in [2.75, 3.05) is 5.32 Å². The van der Waals surface area contributed by atoms with Gasteiger partial charge < -0.3 is 0 Å². The van der Waals surface area contributed by atoms with E-state index in [1.165, 1.54) is 12.3 Å². The number of nitrogens with one attached hydrogen (secondary N) is 2. The Labute approximate surface area is 114 Å². The summed E-state index contributed by atoms with van der Waals surface area (Å²) < 4.78 is 0. The highest BCUT2D eigenvalue weighted by atomic mass is 16.2. The molecule has 0 radical (unpaired) electrons. The number of pyridine rings is 1. The van der Waals surface area contributed by atoms with E-state index in [1.807, 2.05) is 6.07 Å². The second-order valence-electron chi connectivity index (χ2n) is 5.33. The van der Waals surface area contributed by atoms with Crippen molar-refractivity contribution in [3.8, 4) is 6.07 Å². The van der Waals surface area contributed by atoms with Crippen LogP contribution in [0.4, 0.5) is 5.95 Å². The maximum atomic E-state index is 11.9. The predicted molar refractivity (Wildman–Crippen MR) is 73.0 cm³/mol. The summed E-state index contributed by atoms with van der Waals surface area (Å²) in [5.41, 5.74) is -0.608. The van der Waals surface area contributed by atoms with E-state index in [0.717, 1.165) is 0 Å². The fourth-order valence-corrected chi connectivity index (χ4v) is 1.44. The third-order valence-corrected chi connectivity index (χ3v) is 2.60. The Morgan fingerprint density at radius 1 is 1.45 bits per heavy atom. The Kier molecular flexibility index (Phi) is 3.24. The Bertz CT molecular complexity index is 780. The average molecular weight is 271 g/mol. The molecule has 2 heterocycles. The zero-order chi connectivity index (χ0) is 14.9. The van der Waals surface area contributed by atoms with Gasteiger partial charge in [-0.2, -0.15) is 10.2 Å². The molecular weight excluding hydrogens is 258 g/mol. The van der Waals surface area contributed by atoms with Crippen molar-refractivity contribution in [3.63, 3.8) is 0 Å². The molecule has 0 aliphatic rings. The zero-order valence-corrected chi connectivity index (χ0v) is 11.3. The average Bonchev–Trinajstić information content (AvgIpc) is 2.37. The number of rotatable bonds is 1. The number of hydrogen-bond acceptors (Lipinski definition) is 5. The fourth-order valence-electron chi connectivity index (χ4n) is 1.44. The van der Waals surface area contributed by atoms with Crippen LogP contribution in [0.25, 0.3) is 11.0 Å². The lowest BCUT2D eigenvalue weighted by atomic mass is 9.96. The van der Waals surface area contributed by atoms with Gasteiger partial charge in [0.05, 0.1) is 10.9 Å². The van der Waals surface area contributed by atoms with Crippen LogP contribution >= 0.6 is 0 Å². The molecule has 0 unspecified atom stereocenters. The van der Waals surface area contributed by atoms with E-state index in [9.17, 15) is 9.59 Å². The third kappa shape index (κ3) is 2.64. The number of aromatic nitrogens is 3. The van der Waals surface area contributed by atoms with E-state index >= 15 is 0 Å². The second kappa shape index (κ2) is 4.74. The third-order valence-electron chi connectivity index (χ3n) is 2.60.